The molecule has 0 aliphatic carbocycles. The van der Waals surface area contributed by atoms with Crippen molar-refractivity contribution in [3.05, 3.63) is 12.0 Å². The van der Waals surface area contributed by atoms with Gasteiger partial charge in [-0.2, -0.15) is 11.8 Å². The lowest BCUT2D eigenvalue weighted by Gasteiger charge is -2.23. The number of hydrogen-bond acceptors (Lipinski definition) is 5. The highest BCUT2D eigenvalue weighted by atomic mass is 32.2. The zero-order valence-corrected chi connectivity index (χ0v) is 12.0. The summed E-state index contributed by atoms with van der Waals surface area (Å²) in [5.74, 6) is 1.39. The van der Waals surface area contributed by atoms with Crippen LogP contribution in [0.25, 0.3) is 0 Å². The van der Waals surface area contributed by atoms with Crippen molar-refractivity contribution in [1.82, 2.24) is 0 Å². The van der Waals surface area contributed by atoms with Crippen LogP contribution in [0.4, 0.5) is 0 Å². The fraction of sp³-hybridized carbons (Fsp3) is 0.750. The third kappa shape index (κ3) is 5.84. The Morgan fingerprint density at radius 3 is 2.27 bits per heavy atom. The predicted octanol–water partition coefficient (Wildman–Crippen LogP) is 1.03. The van der Waals surface area contributed by atoms with E-state index in [9.17, 15) is 4.21 Å². The Balaban J connectivity index is 3.81. The molecule has 0 saturated heterocycles. The predicted molar refractivity (Wildman–Crippen MR) is 67.3 cm³/mol. The van der Waals surface area contributed by atoms with E-state index in [0.29, 0.717) is 11.1 Å². The van der Waals surface area contributed by atoms with Crippen LogP contribution in [0.3, 0.4) is 0 Å². The van der Waals surface area contributed by atoms with Crippen molar-refractivity contribution in [3.8, 4) is 0 Å². The first-order chi connectivity index (χ1) is 7.14. The average Bonchev–Trinajstić information content (AvgIpc) is 2.30. The maximum Gasteiger partial charge on any atom is 0.510 e. The number of thioether (sulfide) groups is 1. The molecule has 0 aromatic heterocycles. The Morgan fingerprint density at radius 1 is 1.33 bits per heavy atom. The molecule has 0 bridgehead atoms. The van der Waals surface area contributed by atoms with Gasteiger partial charge in [-0.1, -0.05) is 6.58 Å². The summed E-state index contributed by atoms with van der Waals surface area (Å²) in [6.07, 6.45) is 0. The van der Waals surface area contributed by atoms with Gasteiger partial charge in [-0.25, -0.2) is 0 Å². The van der Waals surface area contributed by atoms with Gasteiger partial charge in [-0.05, 0) is 5.41 Å². The summed E-state index contributed by atoms with van der Waals surface area (Å²) in [5, 5.41) is 2.12. The van der Waals surface area contributed by atoms with E-state index in [1.54, 1.807) is 33.1 Å². The minimum absolute atomic E-state index is 0.607. The van der Waals surface area contributed by atoms with Crippen molar-refractivity contribution in [2.24, 2.45) is 0 Å². The summed E-state index contributed by atoms with van der Waals surface area (Å²) in [5.41, 5.74) is 0. The normalized spacial score (nSPS) is 13.8. The van der Waals surface area contributed by atoms with E-state index in [1.165, 1.54) is 5.41 Å². The highest BCUT2D eigenvalue weighted by Gasteiger charge is 2.37. The molecule has 0 amide bonds. The van der Waals surface area contributed by atoms with Crippen LogP contribution in [0.2, 0.25) is 0 Å². The van der Waals surface area contributed by atoms with Gasteiger partial charge in [0.1, 0.15) is 0 Å². The molecular weight excluding hydrogens is 252 g/mol. The van der Waals surface area contributed by atoms with Gasteiger partial charge < -0.3 is 13.3 Å². The van der Waals surface area contributed by atoms with Gasteiger partial charge in [-0.15, -0.1) is 0 Å². The lowest BCUT2D eigenvalue weighted by atomic mass is 11.0. The third-order valence-corrected chi connectivity index (χ3v) is 7.65. The summed E-state index contributed by atoms with van der Waals surface area (Å²) < 4.78 is 26.8. The number of hydrogen-bond donors (Lipinski definition) is 0. The molecule has 0 saturated carbocycles. The fourth-order valence-corrected chi connectivity index (χ4v) is 5.64. The van der Waals surface area contributed by atoms with Crippen molar-refractivity contribution < 1.29 is 17.5 Å². The topological polar surface area (TPSA) is 44.8 Å². The SMILES string of the molecule is C=CS(=O)CCSC[Si](OC)(OC)OC. The first-order valence-corrected chi connectivity index (χ1v) is 8.84. The van der Waals surface area contributed by atoms with Crippen molar-refractivity contribution in [3.63, 3.8) is 0 Å². The van der Waals surface area contributed by atoms with Crippen LogP contribution in [0.1, 0.15) is 0 Å². The van der Waals surface area contributed by atoms with Gasteiger partial charge in [0.15, 0.2) is 0 Å². The van der Waals surface area contributed by atoms with Crippen LogP contribution in [0.5, 0.6) is 0 Å². The molecule has 0 radical (unpaired) electrons. The van der Waals surface area contributed by atoms with Crippen LogP contribution in [-0.4, -0.2) is 51.2 Å². The smallest absolute Gasteiger partial charge is 0.376 e. The van der Waals surface area contributed by atoms with Gasteiger partial charge in [0.2, 0.25) is 0 Å². The molecule has 1 atom stereocenters. The quantitative estimate of drug-likeness (QED) is 0.462. The molecule has 0 aliphatic rings. The van der Waals surface area contributed by atoms with Crippen LogP contribution < -0.4 is 0 Å². The average molecular weight is 270 g/mol. The Bertz CT molecular complexity index is 201. The van der Waals surface area contributed by atoms with E-state index in [2.05, 4.69) is 6.58 Å². The van der Waals surface area contributed by atoms with Gasteiger partial charge in [0.25, 0.3) is 0 Å². The molecule has 4 nitrogen and oxygen atoms in total. The van der Waals surface area contributed by atoms with Crippen molar-refractivity contribution >= 4 is 31.4 Å². The summed E-state index contributed by atoms with van der Waals surface area (Å²) in [6.45, 7) is 3.46. The van der Waals surface area contributed by atoms with Crippen molar-refractivity contribution in [2.75, 3.05) is 38.2 Å². The van der Waals surface area contributed by atoms with Crippen LogP contribution in [0, 0.1) is 0 Å². The van der Waals surface area contributed by atoms with Gasteiger partial charge in [0.05, 0.1) is 5.38 Å². The molecule has 1 unspecified atom stereocenters. The fourth-order valence-electron chi connectivity index (χ4n) is 0.848. The molecule has 7 heteroatoms. The number of rotatable bonds is 9. The van der Waals surface area contributed by atoms with E-state index in [0.717, 1.165) is 5.75 Å². The maximum atomic E-state index is 11.0. The van der Waals surface area contributed by atoms with Crippen molar-refractivity contribution in [2.45, 2.75) is 0 Å². The zero-order chi connectivity index (χ0) is 11.7. The zero-order valence-electron chi connectivity index (χ0n) is 9.36. The Labute approximate surface area is 99.2 Å². The molecule has 0 rings (SSSR count). The molecule has 90 valence electrons. The Hall–Kier alpha value is 0.337. The molecule has 0 spiro atoms. The summed E-state index contributed by atoms with van der Waals surface area (Å²) in [6, 6.07) is 0. The lowest BCUT2D eigenvalue weighted by molar-refractivity contribution is 0.130. The summed E-state index contributed by atoms with van der Waals surface area (Å²) in [4.78, 5) is 0. The van der Waals surface area contributed by atoms with Crippen LogP contribution >= 0.6 is 11.8 Å². The van der Waals surface area contributed by atoms with Gasteiger partial charge in [-0.3, -0.25) is 4.21 Å². The van der Waals surface area contributed by atoms with Gasteiger partial charge >= 0.3 is 8.80 Å². The van der Waals surface area contributed by atoms with Crippen LogP contribution in [0.15, 0.2) is 12.0 Å². The molecular formula is C8H18O4S2Si. The van der Waals surface area contributed by atoms with Crippen LogP contribution in [-0.2, 0) is 24.1 Å². The van der Waals surface area contributed by atoms with E-state index >= 15 is 0 Å². The second-order valence-corrected chi connectivity index (χ2v) is 8.66. The minimum Gasteiger partial charge on any atom is -0.376 e. The maximum absolute atomic E-state index is 11.0. The monoisotopic (exact) mass is 270 g/mol. The first kappa shape index (κ1) is 15.3. The largest absolute Gasteiger partial charge is 0.510 e. The molecule has 0 aromatic carbocycles. The molecule has 0 N–H and O–H groups in total. The second kappa shape index (κ2) is 8.48. The molecule has 0 fully saturated rings. The van der Waals surface area contributed by atoms with Crippen molar-refractivity contribution in [1.29, 1.82) is 0 Å². The minimum atomic E-state index is -2.46. The van der Waals surface area contributed by atoms with E-state index in [-0.39, 0.29) is 0 Å². The standard InChI is InChI=1S/C8H18O4S2Si/c1-5-14(9)7-6-13-8-15(10-2,11-3)12-4/h5H,1,6-8H2,2-4H3. The molecule has 0 aliphatic heterocycles. The Morgan fingerprint density at radius 2 is 1.87 bits per heavy atom. The Kier molecular flexibility index (Phi) is 8.67. The third-order valence-electron chi connectivity index (χ3n) is 1.83. The molecule has 0 aromatic rings. The second-order valence-electron chi connectivity index (χ2n) is 2.60. The first-order valence-electron chi connectivity index (χ1n) is 4.37. The molecule has 0 heterocycles. The highest BCUT2D eigenvalue weighted by molar-refractivity contribution is 8.01. The summed E-state index contributed by atoms with van der Waals surface area (Å²) in [7, 11) is 1.37. The molecule has 15 heavy (non-hydrogen) atoms. The van der Waals surface area contributed by atoms with E-state index in [4.69, 9.17) is 13.3 Å². The van der Waals surface area contributed by atoms with E-state index in [1.807, 2.05) is 0 Å². The summed E-state index contributed by atoms with van der Waals surface area (Å²) >= 11 is 1.62. The lowest BCUT2D eigenvalue weighted by Crippen LogP contribution is -2.46. The van der Waals surface area contributed by atoms with Gasteiger partial charge in [0, 0.05) is 43.6 Å². The highest BCUT2D eigenvalue weighted by Crippen LogP contribution is 2.14. The van der Waals surface area contributed by atoms with E-state index < -0.39 is 19.6 Å².